The highest BCUT2D eigenvalue weighted by Gasteiger charge is 2.26. The summed E-state index contributed by atoms with van der Waals surface area (Å²) in [4.78, 5) is 27.4. The molecule has 0 aliphatic heterocycles. The Morgan fingerprint density at radius 3 is 2.85 bits per heavy atom. The van der Waals surface area contributed by atoms with Crippen LogP contribution in [0.25, 0.3) is 22.2 Å². The zero-order valence-corrected chi connectivity index (χ0v) is 22.6. The van der Waals surface area contributed by atoms with E-state index in [1.54, 1.807) is 6.20 Å². The lowest BCUT2D eigenvalue weighted by atomic mass is 9.90. The molecule has 1 N–H and O–H groups in total. The van der Waals surface area contributed by atoms with Crippen molar-refractivity contribution in [1.82, 2.24) is 29.8 Å². The molecule has 4 aromatic rings. The van der Waals surface area contributed by atoms with Crippen LogP contribution in [0.2, 0.25) is 0 Å². The average molecular weight is 590 g/mol. The van der Waals surface area contributed by atoms with Crippen molar-refractivity contribution in [2.75, 3.05) is 0 Å². The Kier molecular flexibility index (Phi) is 6.22. The molecule has 170 valence electrons. The summed E-state index contributed by atoms with van der Waals surface area (Å²) in [5.41, 5.74) is 5.13. The van der Waals surface area contributed by atoms with Crippen molar-refractivity contribution in [3.05, 3.63) is 58.1 Å². The van der Waals surface area contributed by atoms with E-state index < -0.39 is 0 Å². The number of nitrogens with zero attached hydrogens (tertiary/aromatic N) is 5. The molecule has 0 saturated carbocycles. The van der Waals surface area contributed by atoms with Gasteiger partial charge in [0.2, 0.25) is 0 Å². The van der Waals surface area contributed by atoms with Gasteiger partial charge in [-0.3, -0.25) is 9.78 Å². The van der Waals surface area contributed by atoms with Gasteiger partial charge in [0.1, 0.15) is 4.88 Å². The van der Waals surface area contributed by atoms with Crippen LogP contribution in [-0.2, 0) is 11.8 Å². The molecule has 0 fully saturated rings. The maximum atomic E-state index is 12.9. The molecule has 0 spiro atoms. The lowest BCUT2D eigenvalue weighted by Gasteiger charge is -2.25. The van der Waals surface area contributed by atoms with E-state index in [4.69, 9.17) is 4.98 Å². The fraction of sp³-hybridized carbons (Fsp3) is 0.348. The van der Waals surface area contributed by atoms with E-state index in [1.807, 2.05) is 29.1 Å². The molecule has 4 heterocycles. The van der Waals surface area contributed by atoms with Crippen LogP contribution in [-0.4, -0.2) is 30.4 Å². The second-order valence-electron chi connectivity index (χ2n) is 9.20. The Balaban J connectivity index is 1.42. The van der Waals surface area contributed by atoms with Gasteiger partial charge in [-0.05, 0) is 64.6 Å². The number of halogens is 1. The summed E-state index contributed by atoms with van der Waals surface area (Å²) in [6.07, 6.45) is 10.7. The van der Waals surface area contributed by atoms with Gasteiger partial charge in [0.25, 0.3) is 5.91 Å². The van der Waals surface area contributed by atoms with Gasteiger partial charge in [0.05, 0.1) is 35.5 Å². The van der Waals surface area contributed by atoms with Crippen LogP contribution < -0.4 is 5.32 Å². The van der Waals surface area contributed by atoms with E-state index >= 15 is 0 Å². The molecular formula is C23H24IN6OPS. The third kappa shape index (κ3) is 4.42. The van der Waals surface area contributed by atoms with Crippen LogP contribution in [0.1, 0.15) is 65.6 Å². The van der Waals surface area contributed by atoms with Gasteiger partial charge in [0.15, 0.2) is 5.65 Å². The van der Waals surface area contributed by atoms with E-state index in [0.717, 1.165) is 52.1 Å². The lowest BCUT2D eigenvalue weighted by Crippen LogP contribution is -2.31. The molecule has 1 aliphatic rings. The third-order valence-corrected chi connectivity index (χ3v) is 9.09. The van der Waals surface area contributed by atoms with Gasteiger partial charge in [0, 0.05) is 28.8 Å². The van der Waals surface area contributed by atoms with E-state index in [1.165, 1.54) is 16.9 Å². The van der Waals surface area contributed by atoms with Crippen molar-refractivity contribution in [3.8, 4) is 11.1 Å². The normalized spacial score (nSPS) is 16.4. The summed E-state index contributed by atoms with van der Waals surface area (Å²) in [6, 6.07) is 4.15. The van der Waals surface area contributed by atoms with Crippen molar-refractivity contribution in [1.29, 1.82) is 0 Å². The number of thiazole rings is 1. The first-order valence-electron chi connectivity index (χ1n) is 10.8. The molecule has 7 nitrogen and oxygen atoms in total. The predicted molar refractivity (Wildman–Crippen MR) is 142 cm³/mol. The summed E-state index contributed by atoms with van der Waals surface area (Å²) in [5.74, 6) is -0.0744. The summed E-state index contributed by atoms with van der Waals surface area (Å²) >= 11 is 3.78. The minimum atomic E-state index is -0.0871. The lowest BCUT2D eigenvalue weighted by molar-refractivity contribution is 0.0935. The van der Waals surface area contributed by atoms with E-state index in [9.17, 15) is 4.79 Å². The molecular weight excluding hydrogens is 566 g/mol. The number of rotatable bonds is 4. The van der Waals surface area contributed by atoms with Gasteiger partial charge in [-0.2, -0.15) is 5.10 Å². The zero-order chi connectivity index (χ0) is 23.2. The molecule has 0 aromatic carbocycles. The quantitative estimate of drug-likeness (QED) is 0.238. The minimum Gasteiger partial charge on any atom is -0.343 e. The summed E-state index contributed by atoms with van der Waals surface area (Å²) < 4.78 is 1.92. The first kappa shape index (κ1) is 22.8. The Morgan fingerprint density at radius 2 is 2.09 bits per heavy atom. The molecule has 1 unspecified atom stereocenters. The third-order valence-electron chi connectivity index (χ3n) is 5.81. The van der Waals surface area contributed by atoms with Crippen LogP contribution in [0.3, 0.4) is 0 Å². The molecule has 0 radical (unpaired) electrons. The number of nitrogens with one attached hydrogen (secondary N) is 1. The highest BCUT2D eigenvalue weighted by molar-refractivity contribution is 14.2. The number of fused-ring (bicyclic) bond motifs is 2. The molecule has 4 aromatic heterocycles. The predicted octanol–water partition coefficient (Wildman–Crippen LogP) is 5.85. The minimum absolute atomic E-state index is 0.0649. The number of amides is 1. The smallest absolute Gasteiger partial charge is 0.263 e. The molecule has 10 heteroatoms. The maximum absolute atomic E-state index is 12.9. The topological polar surface area (TPSA) is 85.6 Å². The van der Waals surface area contributed by atoms with Crippen molar-refractivity contribution in [2.24, 2.45) is 0 Å². The molecule has 2 atom stereocenters. The first-order chi connectivity index (χ1) is 15.8. The first-order valence-corrected chi connectivity index (χ1v) is 15.7. The van der Waals surface area contributed by atoms with Crippen LogP contribution >= 0.6 is 39.8 Å². The molecule has 33 heavy (non-hydrogen) atoms. The summed E-state index contributed by atoms with van der Waals surface area (Å²) in [6.45, 7) is 6.32. The molecule has 5 rings (SSSR count). The maximum Gasteiger partial charge on any atom is 0.263 e. The number of pyridine rings is 2. The molecule has 0 bridgehead atoms. The van der Waals surface area contributed by atoms with Crippen molar-refractivity contribution in [2.45, 2.75) is 51.5 Å². The highest BCUT2D eigenvalue weighted by Crippen LogP contribution is 2.35. The SMILES string of the molecule is CC(C)(C)c1ncc(C(=O)N[C@@H]2CCCc3cc(-c4ccnc5c4cnn5PI)cnc32)s1. The second kappa shape index (κ2) is 9.00. The number of aryl methyl sites for hydroxylation is 1. The fourth-order valence-electron chi connectivity index (χ4n) is 4.15. The van der Waals surface area contributed by atoms with Crippen molar-refractivity contribution < 1.29 is 4.79 Å². The van der Waals surface area contributed by atoms with Crippen LogP contribution in [0.4, 0.5) is 0 Å². The van der Waals surface area contributed by atoms with E-state index in [0.29, 0.717) is 11.3 Å². The van der Waals surface area contributed by atoms with Crippen molar-refractivity contribution in [3.63, 3.8) is 0 Å². The second-order valence-corrected chi connectivity index (χ2v) is 12.3. The average Bonchev–Trinajstić information content (AvgIpc) is 3.46. The number of aromatic nitrogens is 5. The monoisotopic (exact) mass is 590 g/mol. The number of hydrogen-bond acceptors (Lipinski definition) is 6. The van der Waals surface area contributed by atoms with Gasteiger partial charge >= 0.3 is 0 Å². The zero-order valence-electron chi connectivity index (χ0n) is 18.6. The van der Waals surface area contributed by atoms with Crippen LogP contribution in [0.5, 0.6) is 0 Å². The van der Waals surface area contributed by atoms with Crippen molar-refractivity contribution >= 4 is 56.7 Å². The van der Waals surface area contributed by atoms with Gasteiger partial charge in [-0.25, -0.2) is 14.4 Å². The van der Waals surface area contributed by atoms with Gasteiger partial charge in [-0.1, -0.05) is 20.8 Å². The van der Waals surface area contributed by atoms with E-state index in [2.05, 4.69) is 69.3 Å². The number of carbonyl (C=O) groups excluding carboxylic acids is 1. The van der Waals surface area contributed by atoms with E-state index in [-0.39, 0.29) is 17.4 Å². The van der Waals surface area contributed by atoms with Crippen LogP contribution in [0, 0.1) is 0 Å². The number of hydrogen-bond donors (Lipinski definition) is 1. The standard InChI is InChI=1S/C23H24IN6OPS/c1-23(2,3)22-27-12-18(33-22)21(31)29-17-6-4-5-13-9-14(10-26-19(13)17)15-7-8-25-20-16(15)11-28-30(20)32-24/h7-12,17,32H,4-6H2,1-3H3,(H,29,31)/t17-/m1/s1. The Bertz CT molecular complexity index is 1340. The Labute approximate surface area is 211 Å². The largest absolute Gasteiger partial charge is 0.343 e. The van der Waals surface area contributed by atoms with Gasteiger partial charge < -0.3 is 5.32 Å². The fourth-order valence-corrected chi connectivity index (χ4v) is 6.45. The Morgan fingerprint density at radius 1 is 1.24 bits per heavy atom. The van der Waals surface area contributed by atoms with Gasteiger partial charge in [-0.15, -0.1) is 11.3 Å². The highest BCUT2D eigenvalue weighted by atomic mass is 127. The summed E-state index contributed by atoms with van der Waals surface area (Å²) in [7, 11) is 0. The Hall–Kier alpha value is -1.97. The van der Waals surface area contributed by atoms with Crippen LogP contribution in [0.15, 0.2) is 36.9 Å². The molecule has 0 saturated heterocycles. The molecule has 1 aliphatic carbocycles. The molecule has 1 amide bonds. The summed E-state index contributed by atoms with van der Waals surface area (Å²) in [5, 5.41) is 9.66. The number of carbonyl (C=O) groups is 1.